The third-order valence-electron chi connectivity index (χ3n) is 7.13. The summed E-state index contributed by atoms with van der Waals surface area (Å²) in [5, 5.41) is 8.85. The number of nitrogens with zero attached hydrogens (tertiary/aromatic N) is 4. The first-order chi connectivity index (χ1) is 18.9. The van der Waals surface area contributed by atoms with Crippen LogP contribution < -0.4 is 20.9 Å². The smallest absolute Gasteiger partial charge is 0.414 e. The third kappa shape index (κ3) is 4.51. The largest absolute Gasteiger partial charge is 0.483 e. The Hall–Kier alpha value is -4.87. The lowest BCUT2D eigenvalue weighted by molar-refractivity contribution is -0.137. The van der Waals surface area contributed by atoms with Crippen molar-refractivity contribution < 1.29 is 29.0 Å². The minimum absolute atomic E-state index is 0.0201. The Balaban J connectivity index is 1.54. The Labute approximate surface area is 228 Å². The Bertz CT molecular complexity index is 1690. The maximum atomic E-state index is 13.8. The van der Waals surface area contributed by atoms with Crippen molar-refractivity contribution in [3.63, 3.8) is 0 Å². The van der Waals surface area contributed by atoms with E-state index in [1.807, 2.05) is 19.9 Å². The number of carbonyl (C=O) groups excluding carboxylic acids is 2. The molecule has 3 heterocycles. The van der Waals surface area contributed by atoms with E-state index in [9.17, 15) is 24.0 Å². The maximum absolute atomic E-state index is 13.8. The fourth-order valence-electron chi connectivity index (χ4n) is 5.04. The molecular weight excluding hydrogens is 520 g/mol. The van der Waals surface area contributed by atoms with Gasteiger partial charge in [0.25, 0.3) is 0 Å². The molecular formula is C28H28N4O8. The number of benzene rings is 2. The van der Waals surface area contributed by atoms with Crippen LogP contribution in [0.15, 0.2) is 63.7 Å². The number of amides is 1. The number of carboxylic acid groups (broad SMARTS) is 1. The van der Waals surface area contributed by atoms with Gasteiger partial charge in [-0.25, -0.2) is 28.3 Å². The van der Waals surface area contributed by atoms with Gasteiger partial charge < -0.3 is 19.5 Å². The van der Waals surface area contributed by atoms with Gasteiger partial charge in [-0.3, -0.25) is 9.59 Å². The number of ketones is 1. The zero-order valence-corrected chi connectivity index (χ0v) is 22.4. The summed E-state index contributed by atoms with van der Waals surface area (Å²) in [6.07, 6.45) is 0.927. The Morgan fingerprint density at radius 3 is 2.45 bits per heavy atom. The fourth-order valence-corrected chi connectivity index (χ4v) is 5.04. The molecule has 2 aliphatic heterocycles. The maximum Gasteiger partial charge on any atom is 0.414 e. The van der Waals surface area contributed by atoms with Crippen molar-refractivity contribution in [2.75, 3.05) is 13.6 Å². The summed E-state index contributed by atoms with van der Waals surface area (Å²) in [4.78, 5) is 63.3. The number of allylic oxidation sites excluding steroid dienone is 1. The summed E-state index contributed by atoms with van der Waals surface area (Å²) in [6, 6.07) is 10.4. The first-order valence-electron chi connectivity index (χ1n) is 12.6. The van der Waals surface area contributed by atoms with E-state index in [2.05, 4.69) is 0 Å². The zero-order valence-electron chi connectivity index (χ0n) is 22.4. The van der Waals surface area contributed by atoms with Gasteiger partial charge in [0.15, 0.2) is 5.78 Å². The number of carboxylic acids is 1. The highest BCUT2D eigenvalue weighted by Gasteiger charge is 2.44. The van der Waals surface area contributed by atoms with Crippen LogP contribution in [0.3, 0.4) is 0 Å². The van der Waals surface area contributed by atoms with E-state index < -0.39 is 35.1 Å². The number of rotatable bonds is 6. The second kappa shape index (κ2) is 9.70. The van der Waals surface area contributed by atoms with Crippen molar-refractivity contribution in [1.82, 2.24) is 18.8 Å². The van der Waals surface area contributed by atoms with Gasteiger partial charge in [0.2, 0.25) is 0 Å². The summed E-state index contributed by atoms with van der Waals surface area (Å²) in [5.41, 5.74) is 0.289. The molecule has 1 unspecified atom stereocenters. The molecule has 12 heteroatoms. The lowest BCUT2D eigenvalue weighted by Crippen LogP contribution is -2.46. The van der Waals surface area contributed by atoms with Crippen LogP contribution in [0.4, 0.5) is 4.79 Å². The van der Waals surface area contributed by atoms with Crippen LogP contribution in [-0.4, -0.2) is 61.0 Å². The second-order valence-electron chi connectivity index (χ2n) is 10.2. The van der Waals surface area contributed by atoms with Crippen molar-refractivity contribution in [3.8, 4) is 17.2 Å². The molecule has 3 aromatic rings. The second-order valence-corrected chi connectivity index (χ2v) is 10.2. The Kier molecular flexibility index (Phi) is 6.48. The van der Waals surface area contributed by atoms with Crippen molar-refractivity contribution in [3.05, 3.63) is 86.2 Å². The van der Waals surface area contributed by atoms with Crippen molar-refractivity contribution >= 4 is 17.8 Å². The highest BCUT2D eigenvalue weighted by molar-refractivity contribution is 5.94. The number of Topliss-reactive ketones (excluding diaryl/α,β-unsaturated/α-hetero) is 1. The first kappa shape index (κ1) is 26.7. The summed E-state index contributed by atoms with van der Waals surface area (Å²) < 4.78 is 15.5. The van der Waals surface area contributed by atoms with Crippen LogP contribution in [0.5, 0.6) is 11.5 Å². The standard InChI is InChI=1S/C28H28N4O8/c1-16(33)17-5-7-18(8-6-17)31-25(36)30-14-11-21-24(32(30)26(31)37)20-10-9-19(15-22(20)40-28(21,2)3)39-27(38)29(4)13-12-23(34)35/h5-11,15,24H,12-14H2,1-4H3,(H,34,35). The van der Waals surface area contributed by atoms with Crippen molar-refractivity contribution in [2.24, 2.45) is 0 Å². The summed E-state index contributed by atoms with van der Waals surface area (Å²) >= 11 is 0. The van der Waals surface area contributed by atoms with Crippen LogP contribution in [0.1, 0.15) is 49.2 Å². The molecule has 1 N–H and O–H groups in total. The van der Waals surface area contributed by atoms with Crippen LogP contribution >= 0.6 is 0 Å². The number of carbonyl (C=O) groups is 3. The molecule has 0 saturated carbocycles. The van der Waals surface area contributed by atoms with Gasteiger partial charge in [-0.1, -0.05) is 6.08 Å². The van der Waals surface area contributed by atoms with Crippen LogP contribution in [0, 0.1) is 0 Å². The highest BCUT2D eigenvalue weighted by Crippen LogP contribution is 2.47. The van der Waals surface area contributed by atoms with E-state index in [4.69, 9.17) is 14.6 Å². The molecule has 2 aromatic carbocycles. The SMILES string of the molecule is CC(=O)c1ccc(-n2c(=O)n3n(c2=O)C2C(=CC3)C(C)(C)Oc3cc(OC(=O)N(C)CCC(=O)O)ccc32)cc1. The van der Waals surface area contributed by atoms with Gasteiger partial charge >= 0.3 is 23.4 Å². The zero-order chi connectivity index (χ0) is 28.9. The number of aliphatic carboxylic acids is 1. The molecule has 2 aliphatic rings. The average Bonchev–Trinajstić information content (AvgIpc) is 3.16. The monoisotopic (exact) mass is 548 g/mol. The molecule has 208 valence electrons. The molecule has 0 bridgehead atoms. The average molecular weight is 549 g/mol. The predicted molar refractivity (Wildman–Crippen MR) is 143 cm³/mol. The Morgan fingerprint density at radius 1 is 1.10 bits per heavy atom. The first-order valence-corrected chi connectivity index (χ1v) is 12.6. The molecule has 0 saturated heterocycles. The Morgan fingerprint density at radius 2 is 1.80 bits per heavy atom. The van der Waals surface area contributed by atoms with Gasteiger partial charge in [0.1, 0.15) is 23.1 Å². The lowest BCUT2D eigenvalue weighted by atomic mass is 9.83. The van der Waals surface area contributed by atoms with E-state index in [0.717, 1.165) is 15.0 Å². The molecule has 0 radical (unpaired) electrons. The summed E-state index contributed by atoms with van der Waals surface area (Å²) in [6.45, 7) is 5.29. The number of aromatic nitrogens is 3. The number of ether oxygens (including phenoxy) is 2. The number of hydrogen-bond donors (Lipinski definition) is 1. The minimum Gasteiger partial charge on any atom is -0.483 e. The highest BCUT2D eigenvalue weighted by atomic mass is 16.6. The quantitative estimate of drug-likeness (QED) is 0.366. The molecule has 0 spiro atoms. The topological polar surface area (TPSA) is 142 Å². The predicted octanol–water partition coefficient (Wildman–Crippen LogP) is 2.61. The number of fused-ring (bicyclic) bond motifs is 5. The van der Waals surface area contributed by atoms with Gasteiger partial charge in [0.05, 0.1) is 18.7 Å². The summed E-state index contributed by atoms with van der Waals surface area (Å²) in [7, 11) is 1.44. The van der Waals surface area contributed by atoms with E-state index in [0.29, 0.717) is 22.6 Å². The fraction of sp³-hybridized carbons (Fsp3) is 0.321. The van der Waals surface area contributed by atoms with E-state index in [1.165, 1.54) is 29.4 Å². The van der Waals surface area contributed by atoms with Gasteiger partial charge in [-0.2, -0.15) is 0 Å². The van der Waals surface area contributed by atoms with Gasteiger partial charge in [-0.15, -0.1) is 0 Å². The summed E-state index contributed by atoms with van der Waals surface area (Å²) in [5.74, 6) is -0.607. The number of hydrogen-bond acceptors (Lipinski definition) is 7. The van der Waals surface area contributed by atoms with Crippen LogP contribution in [-0.2, 0) is 11.3 Å². The normalized spacial score (nSPS) is 16.5. The molecule has 0 aliphatic carbocycles. The van der Waals surface area contributed by atoms with Gasteiger partial charge in [0, 0.05) is 30.8 Å². The van der Waals surface area contributed by atoms with Gasteiger partial charge in [-0.05, 0) is 62.7 Å². The molecule has 1 amide bonds. The van der Waals surface area contributed by atoms with E-state index in [-0.39, 0.29) is 31.0 Å². The molecule has 12 nitrogen and oxygen atoms in total. The van der Waals surface area contributed by atoms with Crippen molar-refractivity contribution in [2.45, 2.75) is 45.4 Å². The molecule has 40 heavy (non-hydrogen) atoms. The molecule has 1 aromatic heterocycles. The molecule has 5 rings (SSSR count). The molecule has 0 fully saturated rings. The van der Waals surface area contributed by atoms with E-state index in [1.54, 1.807) is 36.4 Å². The molecule has 1 atom stereocenters. The van der Waals surface area contributed by atoms with Crippen LogP contribution in [0.2, 0.25) is 0 Å². The third-order valence-corrected chi connectivity index (χ3v) is 7.13. The minimum atomic E-state index is -1.03. The van der Waals surface area contributed by atoms with Crippen molar-refractivity contribution in [1.29, 1.82) is 0 Å². The van der Waals surface area contributed by atoms with Crippen LogP contribution in [0.25, 0.3) is 5.69 Å². The van der Waals surface area contributed by atoms with E-state index >= 15 is 0 Å². The lowest BCUT2D eigenvalue weighted by Gasteiger charge is -2.42.